The van der Waals surface area contributed by atoms with Gasteiger partial charge in [0.25, 0.3) is 0 Å². The standard InChI is InChI=1S/C17H15ClN4O2S/c1-11(24-14-5-3-2-4-6-14)15-21-22-17(25-15)20-16(23)19-13-9-7-12(18)8-10-13/h2-11H,1H3,(H2,19,20,22,23)/t11-/m1/s1. The van der Waals surface area contributed by atoms with E-state index in [1.807, 2.05) is 37.3 Å². The summed E-state index contributed by atoms with van der Waals surface area (Å²) >= 11 is 7.07. The minimum absolute atomic E-state index is 0.269. The van der Waals surface area contributed by atoms with Crippen LogP contribution in [0.5, 0.6) is 5.75 Å². The molecule has 8 heteroatoms. The van der Waals surface area contributed by atoms with Gasteiger partial charge in [0.1, 0.15) is 11.9 Å². The van der Waals surface area contributed by atoms with Gasteiger partial charge >= 0.3 is 6.03 Å². The minimum atomic E-state index is -0.401. The SMILES string of the molecule is C[C@@H](Oc1ccccc1)c1nnc(NC(=O)Nc2ccc(Cl)cc2)s1. The highest BCUT2D eigenvalue weighted by molar-refractivity contribution is 7.15. The number of para-hydroxylation sites is 1. The Kier molecular flexibility index (Phi) is 5.47. The zero-order valence-electron chi connectivity index (χ0n) is 13.3. The van der Waals surface area contributed by atoms with Crippen molar-refractivity contribution in [2.24, 2.45) is 0 Å². The molecule has 0 aliphatic heterocycles. The molecule has 0 aliphatic carbocycles. The normalized spacial score (nSPS) is 11.6. The smallest absolute Gasteiger partial charge is 0.325 e. The summed E-state index contributed by atoms with van der Waals surface area (Å²) in [6.07, 6.45) is -0.269. The number of amides is 2. The molecule has 0 saturated carbocycles. The Morgan fingerprint density at radius 3 is 2.52 bits per heavy atom. The van der Waals surface area contributed by atoms with Crippen molar-refractivity contribution < 1.29 is 9.53 Å². The first-order valence-electron chi connectivity index (χ1n) is 7.49. The first-order valence-corrected chi connectivity index (χ1v) is 8.68. The zero-order valence-corrected chi connectivity index (χ0v) is 14.8. The van der Waals surface area contributed by atoms with Gasteiger partial charge in [0.2, 0.25) is 5.13 Å². The first-order chi connectivity index (χ1) is 12.1. The second-order valence-corrected chi connectivity index (χ2v) is 6.55. The number of urea groups is 1. The van der Waals surface area contributed by atoms with Crippen LogP contribution in [0.3, 0.4) is 0 Å². The fraction of sp³-hybridized carbons (Fsp3) is 0.118. The third-order valence-electron chi connectivity index (χ3n) is 3.17. The van der Waals surface area contributed by atoms with Crippen LogP contribution in [0.25, 0.3) is 0 Å². The van der Waals surface area contributed by atoms with Gasteiger partial charge in [0.15, 0.2) is 5.01 Å². The number of anilines is 2. The first kappa shape index (κ1) is 17.2. The summed E-state index contributed by atoms with van der Waals surface area (Å²) < 4.78 is 5.79. The summed E-state index contributed by atoms with van der Waals surface area (Å²) in [7, 11) is 0. The van der Waals surface area contributed by atoms with Gasteiger partial charge in [-0.05, 0) is 43.3 Å². The molecular weight excluding hydrogens is 360 g/mol. The second-order valence-electron chi connectivity index (χ2n) is 5.10. The van der Waals surface area contributed by atoms with Crippen LogP contribution in [0.1, 0.15) is 18.0 Å². The van der Waals surface area contributed by atoms with E-state index in [0.29, 0.717) is 20.8 Å². The monoisotopic (exact) mass is 374 g/mol. The van der Waals surface area contributed by atoms with Crippen molar-refractivity contribution in [3.8, 4) is 5.75 Å². The molecule has 3 rings (SSSR count). The van der Waals surface area contributed by atoms with Crippen molar-refractivity contribution >= 4 is 39.8 Å². The molecule has 0 saturated heterocycles. The number of aromatic nitrogens is 2. The van der Waals surface area contributed by atoms with Crippen molar-refractivity contribution in [1.82, 2.24) is 10.2 Å². The van der Waals surface area contributed by atoms with E-state index in [0.717, 1.165) is 5.75 Å². The van der Waals surface area contributed by atoms with Crippen molar-refractivity contribution in [3.05, 3.63) is 64.6 Å². The molecule has 2 aromatic carbocycles. The molecule has 2 N–H and O–H groups in total. The number of hydrogen-bond donors (Lipinski definition) is 2. The fourth-order valence-corrected chi connectivity index (χ4v) is 2.84. The Hall–Kier alpha value is -2.64. The van der Waals surface area contributed by atoms with Gasteiger partial charge in [-0.2, -0.15) is 0 Å². The number of ether oxygens (including phenoxy) is 1. The summed E-state index contributed by atoms with van der Waals surface area (Å²) in [5.41, 5.74) is 0.632. The topological polar surface area (TPSA) is 76.1 Å². The van der Waals surface area contributed by atoms with E-state index in [2.05, 4.69) is 20.8 Å². The Balaban J connectivity index is 1.57. The average molecular weight is 375 g/mol. The highest BCUT2D eigenvalue weighted by Crippen LogP contribution is 2.26. The summed E-state index contributed by atoms with van der Waals surface area (Å²) in [6.45, 7) is 1.88. The molecule has 25 heavy (non-hydrogen) atoms. The van der Waals surface area contributed by atoms with E-state index in [9.17, 15) is 4.79 Å². The third-order valence-corrected chi connectivity index (χ3v) is 4.42. The Morgan fingerprint density at radius 1 is 1.08 bits per heavy atom. The molecule has 6 nitrogen and oxygen atoms in total. The van der Waals surface area contributed by atoms with Crippen molar-refractivity contribution in [2.75, 3.05) is 10.6 Å². The highest BCUT2D eigenvalue weighted by atomic mass is 35.5. The molecule has 1 heterocycles. The number of halogens is 1. The molecule has 128 valence electrons. The molecule has 2 amide bonds. The van der Waals surface area contributed by atoms with Gasteiger partial charge in [0, 0.05) is 10.7 Å². The number of hydrogen-bond acceptors (Lipinski definition) is 5. The minimum Gasteiger partial charge on any atom is -0.483 e. The van der Waals surface area contributed by atoms with Gasteiger partial charge < -0.3 is 10.1 Å². The number of rotatable bonds is 5. The quantitative estimate of drug-likeness (QED) is 0.660. The lowest BCUT2D eigenvalue weighted by atomic mass is 10.3. The Labute approximate surface area is 153 Å². The molecule has 0 radical (unpaired) electrons. The number of carbonyl (C=O) groups is 1. The third kappa shape index (κ3) is 4.91. The van der Waals surface area contributed by atoms with Gasteiger partial charge in [-0.25, -0.2) is 4.79 Å². The van der Waals surface area contributed by atoms with E-state index in [4.69, 9.17) is 16.3 Å². The maximum absolute atomic E-state index is 12.0. The Bertz CT molecular complexity index is 839. The van der Waals surface area contributed by atoms with Crippen LogP contribution in [0.4, 0.5) is 15.6 Å². The van der Waals surface area contributed by atoms with Crippen LogP contribution in [0.15, 0.2) is 54.6 Å². The molecule has 0 fully saturated rings. The zero-order chi connectivity index (χ0) is 17.6. The molecule has 1 atom stereocenters. The lowest BCUT2D eigenvalue weighted by Gasteiger charge is -2.11. The summed E-state index contributed by atoms with van der Waals surface area (Å²) in [4.78, 5) is 12.0. The predicted octanol–water partition coefficient (Wildman–Crippen LogP) is 4.98. The van der Waals surface area contributed by atoms with Crippen LogP contribution in [-0.2, 0) is 0 Å². The molecule has 0 bridgehead atoms. The average Bonchev–Trinajstić information content (AvgIpc) is 3.06. The van der Waals surface area contributed by atoms with Gasteiger partial charge in [-0.1, -0.05) is 41.1 Å². The van der Waals surface area contributed by atoms with Crippen LogP contribution >= 0.6 is 22.9 Å². The largest absolute Gasteiger partial charge is 0.483 e. The van der Waals surface area contributed by atoms with Crippen LogP contribution < -0.4 is 15.4 Å². The number of nitrogens with one attached hydrogen (secondary N) is 2. The Morgan fingerprint density at radius 2 is 1.80 bits per heavy atom. The molecular formula is C17H15ClN4O2S. The van der Waals surface area contributed by atoms with Crippen LogP contribution in [0, 0.1) is 0 Å². The number of benzene rings is 2. The fourth-order valence-electron chi connectivity index (χ4n) is 2.00. The molecule has 0 aliphatic rings. The molecule has 3 aromatic rings. The van der Waals surface area contributed by atoms with Crippen LogP contribution in [-0.4, -0.2) is 16.2 Å². The summed E-state index contributed by atoms with van der Waals surface area (Å²) in [5.74, 6) is 0.750. The maximum atomic E-state index is 12.0. The van der Waals surface area contributed by atoms with Crippen molar-refractivity contribution in [3.63, 3.8) is 0 Å². The number of nitrogens with zero attached hydrogens (tertiary/aromatic N) is 2. The van der Waals surface area contributed by atoms with Gasteiger partial charge in [-0.15, -0.1) is 10.2 Å². The molecule has 1 aromatic heterocycles. The van der Waals surface area contributed by atoms with Crippen LogP contribution in [0.2, 0.25) is 5.02 Å². The number of carbonyl (C=O) groups excluding carboxylic acids is 1. The second kappa shape index (κ2) is 7.96. The van der Waals surface area contributed by atoms with E-state index in [1.165, 1.54) is 11.3 Å². The van der Waals surface area contributed by atoms with Crippen molar-refractivity contribution in [1.29, 1.82) is 0 Å². The van der Waals surface area contributed by atoms with E-state index >= 15 is 0 Å². The predicted molar refractivity (Wildman–Crippen MR) is 99.5 cm³/mol. The maximum Gasteiger partial charge on any atom is 0.325 e. The van der Waals surface area contributed by atoms with Gasteiger partial charge in [0.05, 0.1) is 0 Å². The highest BCUT2D eigenvalue weighted by Gasteiger charge is 2.15. The van der Waals surface area contributed by atoms with E-state index in [1.54, 1.807) is 24.3 Å². The lowest BCUT2D eigenvalue weighted by molar-refractivity contribution is 0.225. The molecule has 0 unspecified atom stereocenters. The lowest BCUT2D eigenvalue weighted by Crippen LogP contribution is -2.19. The molecule has 0 spiro atoms. The van der Waals surface area contributed by atoms with E-state index < -0.39 is 6.03 Å². The summed E-state index contributed by atoms with van der Waals surface area (Å²) in [5, 5.41) is 15.1. The summed E-state index contributed by atoms with van der Waals surface area (Å²) in [6, 6.07) is 15.9. The van der Waals surface area contributed by atoms with Crippen molar-refractivity contribution in [2.45, 2.75) is 13.0 Å². The van der Waals surface area contributed by atoms with E-state index in [-0.39, 0.29) is 6.10 Å². The van der Waals surface area contributed by atoms with Gasteiger partial charge in [-0.3, -0.25) is 5.32 Å².